The van der Waals surface area contributed by atoms with E-state index in [9.17, 15) is 19.5 Å². The predicted molar refractivity (Wildman–Crippen MR) is 123 cm³/mol. The molecule has 1 fully saturated rings. The zero-order valence-electron chi connectivity index (χ0n) is 18.9. The summed E-state index contributed by atoms with van der Waals surface area (Å²) in [6, 6.07) is 24.7. The maximum absolute atomic E-state index is 12.8. The van der Waals surface area contributed by atoms with Gasteiger partial charge >= 0.3 is 17.9 Å². The highest BCUT2D eigenvalue weighted by molar-refractivity contribution is 5.91. The number of hydrogen-bond acceptors (Lipinski definition) is 8. The number of carbonyl (C=O) groups excluding carboxylic acids is 3. The van der Waals surface area contributed by atoms with E-state index in [0.717, 1.165) is 0 Å². The van der Waals surface area contributed by atoms with E-state index in [0.29, 0.717) is 5.56 Å². The Morgan fingerprint density at radius 3 is 1.54 bits per heavy atom. The molecular formula is C27H24O8. The first-order chi connectivity index (χ1) is 16.9. The van der Waals surface area contributed by atoms with Crippen molar-refractivity contribution in [1.82, 2.24) is 0 Å². The smallest absolute Gasteiger partial charge is 0.338 e. The van der Waals surface area contributed by atoms with Gasteiger partial charge in [0.25, 0.3) is 0 Å². The third-order valence-electron chi connectivity index (χ3n) is 5.50. The number of carbonyl (C=O) groups is 3. The number of aliphatic hydroxyl groups excluding tert-OH is 1. The Bertz CT molecular complexity index is 1150. The number of rotatable bonds is 7. The van der Waals surface area contributed by atoms with E-state index in [2.05, 4.69) is 0 Å². The monoisotopic (exact) mass is 476 g/mol. The summed E-state index contributed by atoms with van der Waals surface area (Å²) in [7, 11) is 0. The van der Waals surface area contributed by atoms with Crippen LogP contribution in [0, 0.1) is 0 Å². The Labute approximate surface area is 202 Å². The molecule has 0 spiro atoms. The summed E-state index contributed by atoms with van der Waals surface area (Å²) in [5.41, 5.74) is 0.831. The fourth-order valence-corrected chi connectivity index (χ4v) is 3.71. The minimum atomic E-state index is -1.61. The highest BCUT2D eigenvalue weighted by Crippen LogP contribution is 2.30. The molecule has 180 valence electrons. The fourth-order valence-electron chi connectivity index (χ4n) is 3.71. The van der Waals surface area contributed by atoms with Gasteiger partial charge in [-0.25, -0.2) is 14.4 Å². The molecule has 0 bridgehead atoms. The van der Waals surface area contributed by atoms with Gasteiger partial charge < -0.3 is 24.1 Å². The first-order valence-electron chi connectivity index (χ1n) is 11.1. The van der Waals surface area contributed by atoms with Gasteiger partial charge in [0.05, 0.1) is 16.7 Å². The van der Waals surface area contributed by atoms with Crippen LogP contribution in [0.3, 0.4) is 0 Å². The molecule has 4 rings (SSSR count). The molecule has 3 aromatic rings. The van der Waals surface area contributed by atoms with Gasteiger partial charge in [-0.2, -0.15) is 0 Å². The number of ether oxygens (including phenoxy) is 4. The molecule has 8 heteroatoms. The van der Waals surface area contributed by atoms with Crippen LogP contribution in [-0.2, 0) is 18.9 Å². The molecule has 1 N–H and O–H groups in total. The van der Waals surface area contributed by atoms with Crippen molar-refractivity contribution in [3.05, 3.63) is 108 Å². The predicted octanol–water partition coefficient (Wildman–Crippen LogP) is 3.40. The van der Waals surface area contributed by atoms with Crippen molar-refractivity contribution in [2.24, 2.45) is 0 Å². The molecule has 0 amide bonds. The average Bonchev–Trinajstić information content (AvgIpc) is 3.20. The lowest BCUT2D eigenvalue weighted by Gasteiger charge is -2.26. The van der Waals surface area contributed by atoms with Crippen LogP contribution in [0.1, 0.15) is 38.0 Å². The van der Waals surface area contributed by atoms with Gasteiger partial charge in [-0.1, -0.05) is 54.6 Å². The van der Waals surface area contributed by atoms with E-state index >= 15 is 0 Å². The highest BCUT2D eigenvalue weighted by Gasteiger charge is 2.52. The van der Waals surface area contributed by atoms with Crippen LogP contribution < -0.4 is 0 Å². The zero-order valence-corrected chi connectivity index (χ0v) is 18.9. The van der Waals surface area contributed by atoms with Crippen LogP contribution >= 0.6 is 0 Å². The highest BCUT2D eigenvalue weighted by atomic mass is 16.7. The number of hydrogen-bond donors (Lipinski definition) is 1. The van der Waals surface area contributed by atoms with Gasteiger partial charge in [-0.15, -0.1) is 0 Å². The van der Waals surface area contributed by atoms with Crippen molar-refractivity contribution in [1.29, 1.82) is 0 Å². The van der Waals surface area contributed by atoms with E-state index in [1.807, 2.05) is 0 Å². The third kappa shape index (κ3) is 5.74. The maximum Gasteiger partial charge on any atom is 0.338 e. The summed E-state index contributed by atoms with van der Waals surface area (Å²) in [6.07, 6.45) is -6.26. The zero-order chi connectivity index (χ0) is 24.8. The van der Waals surface area contributed by atoms with Crippen LogP contribution in [0.2, 0.25) is 0 Å². The van der Waals surface area contributed by atoms with Gasteiger partial charge in [-0.05, 0) is 43.3 Å². The lowest BCUT2D eigenvalue weighted by atomic mass is 10.1. The normalized spacial score (nSPS) is 22.1. The Hall–Kier alpha value is -4.01. The minimum absolute atomic E-state index is 0.250. The number of esters is 3. The second kappa shape index (κ2) is 10.9. The first-order valence-corrected chi connectivity index (χ1v) is 11.1. The van der Waals surface area contributed by atoms with E-state index in [-0.39, 0.29) is 11.1 Å². The summed E-state index contributed by atoms with van der Waals surface area (Å²) in [4.78, 5) is 38.0. The van der Waals surface area contributed by atoms with Crippen molar-refractivity contribution >= 4 is 17.9 Å². The van der Waals surface area contributed by atoms with Crippen LogP contribution in [0.5, 0.6) is 0 Å². The SMILES string of the molecule is CC(OC(=O)c1ccccc1)[C@H]1OC(O)C(OC(=O)c2ccccc2)[C@@H]1OC(=O)c1ccccc1. The standard InChI is InChI=1S/C27H24O8/c1-17(32-24(28)18-11-5-2-6-12-18)21-22(34-25(29)19-13-7-3-8-14-19)23(27(31)33-21)35-26(30)20-15-9-4-10-16-20/h2-17,21-23,27,31H,1H3/t17?,21-,22-,23?,27?/m1/s1. The van der Waals surface area contributed by atoms with Crippen molar-refractivity contribution in [3.63, 3.8) is 0 Å². The molecule has 0 aromatic heterocycles. The summed E-state index contributed by atoms with van der Waals surface area (Å²) in [5, 5.41) is 10.6. The van der Waals surface area contributed by atoms with Crippen LogP contribution in [0.15, 0.2) is 91.0 Å². The Morgan fingerprint density at radius 2 is 1.09 bits per heavy atom. The van der Waals surface area contributed by atoms with E-state index in [4.69, 9.17) is 18.9 Å². The molecule has 1 aliphatic heterocycles. The molecule has 5 atom stereocenters. The molecule has 3 unspecified atom stereocenters. The van der Waals surface area contributed by atoms with Crippen molar-refractivity contribution in [3.8, 4) is 0 Å². The van der Waals surface area contributed by atoms with E-state index < -0.39 is 48.6 Å². The van der Waals surface area contributed by atoms with Gasteiger partial charge in [0.2, 0.25) is 0 Å². The summed E-state index contributed by atoms with van der Waals surface area (Å²) >= 11 is 0. The van der Waals surface area contributed by atoms with Crippen molar-refractivity contribution < 1.29 is 38.4 Å². The third-order valence-corrected chi connectivity index (χ3v) is 5.50. The van der Waals surface area contributed by atoms with Crippen LogP contribution in [0.25, 0.3) is 0 Å². The number of benzene rings is 3. The average molecular weight is 476 g/mol. The molecule has 0 saturated carbocycles. The number of aliphatic hydroxyl groups is 1. The van der Waals surface area contributed by atoms with Crippen molar-refractivity contribution in [2.45, 2.75) is 37.6 Å². The summed E-state index contributed by atoms with van der Waals surface area (Å²) in [5.74, 6) is -2.05. The first kappa shape index (κ1) is 24.1. The molecule has 8 nitrogen and oxygen atoms in total. The lowest BCUT2D eigenvalue weighted by Crippen LogP contribution is -2.44. The molecular weight excluding hydrogens is 452 g/mol. The van der Waals surface area contributed by atoms with Crippen molar-refractivity contribution in [2.75, 3.05) is 0 Å². The van der Waals surface area contributed by atoms with Gasteiger partial charge in [0.1, 0.15) is 12.2 Å². The molecule has 35 heavy (non-hydrogen) atoms. The molecule has 3 aromatic carbocycles. The molecule has 1 heterocycles. The van der Waals surface area contributed by atoms with Gasteiger partial charge in [0, 0.05) is 0 Å². The summed E-state index contributed by atoms with van der Waals surface area (Å²) < 4.78 is 22.2. The molecule has 1 saturated heterocycles. The largest absolute Gasteiger partial charge is 0.456 e. The topological polar surface area (TPSA) is 108 Å². The Morgan fingerprint density at radius 1 is 0.686 bits per heavy atom. The van der Waals surface area contributed by atoms with E-state index in [1.165, 1.54) is 0 Å². The summed E-state index contributed by atoms with van der Waals surface area (Å²) in [6.45, 7) is 1.54. The van der Waals surface area contributed by atoms with Crippen LogP contribution in [-0.4, -0.2) is 53.7 Å². The quantitative estimate of drug-likeness (QED) is 0.408. The Kier molecular flexibility index (Phi) is 7.54. The molecule has 1 aliphatic rings. The van der Waals surface area contributed by atoms with Gasteiger partial charge in [0.15, 0.2) is 18.5 Å². The van der Waals surface area contributed by atoms with Gasteiger partial charge in [-0.3, -0.25) is 0 Å². The Balaban J connectivity index is 1.55. The lowest BCUT2D eigenvalue weighted by molar-refractivity contribution is -0.146. The second-order valence-corrected chi connectivity index (χ2v) is 7.94. The van der Waals surface area contributed by atoms with E-state index in [1.54, 1.807) is 97.9 Å². The molecule has 0 radical (unpaired) electrons. The molecule has 0 aliphatic carbocycles. The maximum atomic E-state index is 12.8. The minimum Gasteiger partial charge on any atom is -0.456 e. The fraction of sp³-hybridized carbons (Fsp3) is 0.222. The van der Waals surface area contributed by atoms with Crippen LogP contribution in [0.4, 0.5) is 0 Å². The second-order valence-electron chi connectivity index (χ2n) is 7.94.